The quantitative estimate of drug-likeness (QED) is 0.712. The smallest absolute Gasteiger partial charge is 0.245 e. The lowest BCUT2D eigenvalue weighted by molar-refractivity contribution is -0.114. The van der Waals surface area contributed by atoms with E-state index in [1.807, 2.05) is 0 Å². The normalized spacial score (nSPS) is 10.9. The molecule has 0 aliphatic rings. The minimum Gasteiger partial charge on any atom is -0.497 e. The van der Waals surface area contributed by atoms with Gasteiger partial charge in [0.15, 0.2) is 0 Å². The number of anilines is 2. The van der Waals surface area contributed by atoms with Gasteiger partial charge in [0.05, 0.1) is 31.9 Å². The van der Waals surface area contributed by atoms with E-state index in [4.69, 9.17) is 9.47 Å². The molecule has 0 heterocycles. The van der Waals surface area contributed by atoms with E-state index in [9.17, 15) is 13.2 Å². The van der Waals surface area contributed by atoms with Crippen molar-refractivity contribution in [1.82, 2.24) is 0 Å². The van der Waals surface area contributed by atoms with Crippen LogP contribution in [0.2, 0.25) is 0 Å². The van der Waals surface area contributed by atoms with Crippen LogP contribution in [0.5, 0.6) is 11.5 Å². The van der Waals surface area contributed by atoms with Crippen LogP contribution < -0.4 is 19.1 Å². The first kappa shape index (κ1) is 20.1. The monoisotopic (exact) mass is 442 g/mol. The number of amides is 1. The number of halogens is 1. The Labute approximate surface area is 161 Å². The average molecular weight is 443 g/mol. The highest BCUT2D eigenvalue weighted by molar-refractivity contribution is 9.10. The lowest BCUT2D eigenvalue weighted by Gasteiger charge is -2.23. The molecule has 2 rings (SSSR count). The Bertz CT molecular complexity index is 902. The van der Waals surface area contributed by atoms with E-state index in [1.54, 1.807) is 42.5 Å². The first-order valence-electron chi connectivity index (χ1n) is 7.50. The number of nitrogens with zero attached hydrogens (tertiary/aromatic N) is 1. The average Bonchev–Trinajstić information content (AvgIpc) is 2.60. The second kappa shape index (κ2) is 8.41. The molecule has 0 bridgehead atoms. The van der Waals surface area contributed by atoms with E-state index >= 15 is 0 Å². The van der Waals surface area contributed by atoms with Crippen molar-refractivity contribution < 1.29 is 22.7 Å². The number of nitrogens with one attached hydrogen (secondary N) is 1. The van der Waals surface area contributed by atoms with Crippen molar-refractivity contribution >= 4 is 43.2 Å². The molecular weight excluding hydrogens is 424 g/mol. The van der Waals surface area contributed by atoms with Crippen molar-refractivity contribution in [3.63, 3.8) is 0 Å². The first-order chi connectivity index (χ1) is 12.3. The van der Waals surface area contributed by atoms with Crippen molar-refractivity contribution in [2.24, 2.45) is 0 Å². The molecule has 0 saturated carbocycles. The molecule has 7 nitrogen and oxygen atoms in total. The molecule has 0 unspecified atom stereocenters. The minimum atomic E-state index is -3.66. The molecule has 0 atom stereocenters. The van der Waals surface area contributed by atoms with Crippen LogP contribution in [-0.2, 0) is 14.8 Å². The Morgan fingerprint density at radius 2 is 1.85 bits per heavy atom. The lowest BCUT2D eigenvalue weighted by Crippen LogP contribution is -2.37. The summed E-state index contributed by atoms with van der Waals surface area (Å²) in [6, 6.07) is 11.7. The van der Waals surface area contributed by atoms with E-state index < -0.39 is 15.9 Å². The fourth-order valence-corrected chi connectivity index (χ4v) is 3.74. The number of carbonyl (C=O) groups excluding carboxylic acids is 1. The van der Waals surface area contributed by atoms with Gasteiger partial charge in [0.1, 0.15) is 18.0 Å². The van der Waals surface area contributed by atoms with Gasteiger partial charge in [-0.1, -0.05) is 12.1 Å². The summed E-state index contributed by atoms with van der Waals surface area (Å²) in [4.78, 5) is 12.5. The topological polar surface area (TPSA) is 84.9 Å². The molecule has 2 aromatic carbocycles. The zero-order chi connectivity index (χ0) is 19.3. The Kier molecular flexibility index (Phi) is 6.49. The van der Waals surface area contributed by atoms with Gasteiger partial charge in [-0.25, -0.2) is 8.42 Å². The SMILES string of the molecule is COc1ccc(NC(=O)CN(c2ccccc2Br)S(C)(=O)=O)c(OC)c1. The van der Waals surface area contributed by atoms with Gasteiger partial charge in [-0.3, -0.25) is 9.10 Å². The second-order valence-corrected chi connectivity index (χ2v) is 8.10. The summed E-state index contributed by atoms with van der Waals surface area (Å²) in [6.07, 6.45) is 1.05. The number of ether oxygens (including phenoxy) is 2. The van der Waals surface area contributed by atoms with Crippen molar-refractivity contribution in [2.45, 2.75) is 0 Å². The van der Waals surface area contributed by atoms with Crippen molar-refractivity contribution in [3.05, 3.63) is 46.9 Å². The summed E-state index contributed by atoms with van der Waals surface area (Å²) in [5, 5.41) is 2.66. The molecule has 0 fully saturated rings. The Balaban J connectivity index is 2.25. The summed E-state index contributed by atoms with van der Waals surface area (Å²) >= 11 is 3.31. The highest BCUT2D eigenvalue weighted by Crippen LogP contribution is 2.30. The first-order valence-corrected chi connectivity index (χ1v) is 10.1. The number of benzene rings is 2. The molecule has 0 saturated heterocycles. The number of methoxy groups -OCH3 is 2. The minimum absolute atomic E-state index is 0.378. The Morgan fingerprint density at radius 1 is 1.15 bits per heavy atom. The second-order valence-electron chi connectivity index (χ2n) is 5.34. The summed E-state index contributed by atoms with van der Waals surface area (Å²) in [5.74, 6) is 0.477. The highest BCUT2D eigenvalue weighted by Gasteiger charge is 2.23. The largest absolute Gasteiger partial charge is 0.497 e. The van der Waals surface area contributed by atoms with E-state index in [0.717, 1.165) is 10.6 Å². The van der Waals surface area contributed by atoms with Crippen LogP contribution in [0, 0.1) is 0 Å². The van der Waals surface area contributed by atoms with Crippen LogP contribution in [0.3, 0.4) is 0 Å². The molecule has 2 aromatic rings. The van der Waals surface area contributed by atoms with Gasteiger partial charge in [-0.05, 0) is 40.2 Å². The molecule has 1 N–H and O–H groups in total. The van der Waals surface area contributed by atoms with Gasteiger partial charge in [-0.15, -0.1) is 0 Å². The number of carbonyl (C=O) groups is 1. The summed E-state index contributed by atoms with van der Waals surface area (Å²) < 4.78 is 36.3. The molecule has 26 heavy (non-hydrogen) atoms. The molecule has 0 radical (unpaired) electrons. The Hall–Kier alpha value is -2.26. The molecule has 1 amide bonds. The van der Waals surface area contributed by atoms with Gasteiger partial charge in [0.2, 0.25) is 15.9 Å². The molecular formula is C17H19BrN2O5S. The number of hydrogen-bond acceptors (Lipinski definition) is 5. The van der Waals surface area contributed by atoms with Crippen molar-refractivity contribution in [2.75, 3.05) is 36.6 Å². The zero-order valence-corrected chi connectivity index (χ0v) is 16.9. The van der Waals surface area contributed by atoms with Crippen molar-refractivity contribution in [3.8, 4) is 11.5 Å². The number of hydrogen-bond donors (Lipinski definition) is 1. The van der Waals surface area contributed by atoms with Crippen LogP contribution in [-0.4, -0.2) is 41.3 Å². The predicted octanol–water partition coefficient (Wildman–Crippen LogP) is 2.87. The van der Waals surface area contributed by atoms with Gasteiger partial charge in [0.25, 0.3) is 0 Å². The molecule has 0 spiro atoms. The third kappa shape index (κ3) is 4.89. The van der Waals surface area contributed by atoms with Gasteiger partial charge >= 0.3 is 0 Å². The summed E-state index contributed by atoms with van der Waals surface area (Å²) in [7, 11) is -0.674. The lowest BCUT2D eigenvalue weighted by atomic mass is 10.2. The van der Waals surface area contributed by atoms with Crippen LogP contribution in [0.4, 0.5) is 11.4 Å². The third-order valence-electron chi connectivity index (χ3n) is 3.49. The third-order valence-corrected chi connectivity index (χ3v) is 5.29. The molecule has 0 aliphatic carbocycles. The summed E-state index contributed by atoms with van der Waals surface area (Å²) in [5.41, 5.74) is 0.797. The van der Waals surface area contributed by atoms with E-state index in [1.165, 1.54) is 14.2 Å². The molecule has 140 valence electrons. The van der Waals surface area contributed by atoms with Crippen LogP contribution >= 0.6 is 15.9 Å². The number of rotatable bonds is 7. The zero-order valence-electron chi connectivity index (χ0n) is 14.5. The fraction of sp³-hybridized carbons (Fsp3) is 0.235. The molecule has 0 aliphatic heterocycles. The maximum atomic E-state index is 12.5. The maximum Gasteiger partial charge on any atom is 0.245 e. The summed E-state index contributed by atoms with van der Waals surface area (Å²) in [6.45, 7) is -0.378. The Morgan fingerprint density at radius 3 is 2.42 bits per heavy atom. The molecule has 0 aromatic heterocycles. The fourth-order valence-electron chi connectivity index (χ4n) is 2.26. The molecule has 9 heteroatoms. The van der Waals surface area contributed by atoms with E-state index in [-0.39, 0.29) is 6.54 Å². The van der Waals surface area contributed by atoms with Crippen LogP contribution in [0.1, 0.15) is 0 Å². The predicted molar refractivity (Wildman–Crippen MR) is 105 cm³/mol. The van der Waals surface area contributed by atoms with Gasteiger partial charge in [0, 0.05) is 10.5 Å². The van der Waals surface area contributed by atoms with E-state index in [2.05, 4.69) is 21.2 Å². The standard InChI is InChI=1S/C17H19BrN2O5S/c1-24-12-8-9-14(16(10-12)25-2)19-17(21)11-20(26(3,22)23)15-7-5-4-6-13(15)18/h4-10H,11H2,1-3H3,(H,19,21). The number of para-hydroxylation sites is 1. The van der Waals surface area contributed by atoms with Crippen LogP contribution in [0.25, 0.3) is 0 Å². The van der Waals surface area contributed by atoms with Crippen molar-refractivity contribution in [1.29, 1.82) is 0 Å². The van der Waals surface area contributed by atoms with E-state index in [0.29, 0.717) is 27.3 Å². The van der Waals surface area contributed by atoms with Crippen LogP contribution in [0.15, 0.2) is 46.9 Å². The highest BCUT2D eigenvalue weighted by atomic mass is 79.9. The maximum absolute atomic E-state index is 12.5. The van der Waals surface area contributed by atoms with Gasteiger partial charge < -0.3 is 14.8 Å². The number of sulfonamides is 1. The van der Waals surface area contributed by atoms with Gasteiger partial charge in [-0.2, -0.15) is 0 Å².